The van der Waals surface area contributed by atoms with Crippen molar-refractivity contribution in [1.29, 1.82) is 0 Å². The summed E-state index contributed by atoms with van der Waals surface area (Å²) in [5.41, 5.74) is 10.3. The topological polar surface area (TPSA) is 77.8 Å². The van der Waals surface area contributed by atoms with Gasteiger partial charge in [-0.05, 0) is 91.0 Å². The highest BCUT2D eigenvalue weighted by Crippen LogP contribution is 2.39. The van der Waals surface area contributed by atoms with Gasteiger partial charge >= 0.3 is 0 Å². The first-order valence-electron chi connectivity index (χ1n) is 14.4. The Kier molecular flexibility index (Phi) is 5.40. The first-order valence-corrected chi connectivity index (χ1v) is 14.4. The maximum atomic E-state index is 6.28. The van der Waals surface area contributed by atoms with E-state index in [1.54, 1.807) is 12.4 Å². The van der Waals surface area contributed by atoms with Gasteiger partial charge in [0, 0.05) is 51.1 Å². The van der Waals surface area contributed by atoms with Crippen LogP contribution in [0.25, 0.3) is 89.2 Å². The molecule has 0 saturated carbocycles. The Labute approximate surface area is 251 Å². The van der Waals surface area contributed by atoms with Gasteiger partial charge in [-0.15, -0.1) is 0 Å². The predicted octanol–water partition coefficient (Wildman–Crippen LogP) is 9.73. The highest BCUT2D eigenvalue weighted by molar-refractivity contribution is 6.16. The Balaban J connectivity index is 1.16. The number of aromatic nitrogens is 4. The van der Waals surface area contributed by atoms with Crippen molar-refractivity contribution in [2.45, 2.75) is 0 Å². The minimum absolute atomic E-state index is 0.781. The minimum Gasteiger partial charge on any atom is -0.456 e. The monoisotopic (exact) mass is 566 g/mol. The molecular weight excluding hydrogens is 544 g/mol. The fourth-order valence-electron chi connectivity index (χ4n) is 5.87. The quantitative estimate of drug-likeness (QED) is 0.211. The largest absolute Gasteiger partial charge is 0.456 e. The van der Waals surface area contributed by atoms with Crippen molar-refractivity contribution < 1.29 is 8.83 Å². The third-order valence-electron chi connectivity index (χ3n) is 8.01. The lowest BCUT2D eigenvalue weighted by Crippen LogP contribution is -1.89. The van der Waals surface area contributed by atoms with E-state index in [9.17, 15) is 0 Å². The maximum Gasteiger partial charge on any atom is 0.139 e. The zero-order valence-electron chi connectivity index (χ0n) is 23.3. The second-order valence-electron chi connectivity index (χ2n) is 10.7. The molecule has 0 atom stereocenters. The number of furan rings is 2. The van der Waals surface area contributed by atoms with Crippen LogP contribution in [0.1, 0.15) is 0 Å². The van der Waals surface area contributed by atoms with E-state index in [2.05, 4.69) is 28.2 Å². The Morgan fingerprint density at radius 2 is 0.795 bits per heavy atom. The van der Waals surface area contributed by atoms with Crippen LogP contribution in [0.3, 0.4) is 0 Å². The molecule has 0 amide bonds. The Morgan fingerprint density at radius 1 is 0.341 bits per heavy atom. The molecule has 206 valence electrons. The lowest BCUT2D eigenvalue weighted by molar-refractivity contribution is 0.656. The molecule has 6 heterocycles. The molecule has 0 bridgehead atoms. The molecule has 3 aromatic carbocycles. The second kappa shape index (κ2) is 9.71. The molecule has 0 spiro atoms. The molecule has 0 radical (unpaired) electrons. The van der Waals surface area contributed by atoms with Gasteiger partial charge in [0.25, 0.3) is 0 Å². The van der Waals surface area contributed by atoms with Crippen LogP contribution in [-0.4, -0.2) is 19.9 Å². The first kappa shape index (κ1) is 24.5. The van der Waals surface area contributed by atoms with Crippen molar-refractivity contribution >= 4 is 43.9 Å². The highest BCUT2D eigenvalue weighted by atomic mass is 16.3. The van der Waals surface area contributed by atoms with E-state index >= 15 is 0 Å². The Hall–Kier alpha value is -6.14. The van der Waals surface area contributed by atoms with Gasteiger partial charge in [-0.1, -0.05) is 24.3 Å². The van der Waals surface area contributed by atoms with Gasteiger partial charge in [0.1, 0.15) is 22.3 Å². The summed E-state index contributed by atoms with van der Waals surface area (Å²) < 4.78 is 12.6. The Morgan fingerprint density at radius 3 is 1.27 bits per heavy atom. The van der Waals surface area contributed by atoms with Crippen LogP contribution in [0.2, 0.25) is 0 Å². The Bertz CT molecular complexity index is 2330. The molecular formula is C38H22N4O2. The smallest absolute Gasteiger partial charge is 0.139 e. The van der Waals surface area contributed by atoms with Gasteiger partial charge in [-0.3, -0.25) is 9.97 Å². The molecule has 9 rings (SSSR count). The van der Waals surface area contributed by atoms with Crippen LogP contribution in [-0.2, 0) is 0 Å². The summed E-state index contributed by atoms with van der Waals surface area (Å²) >= 11 is 0. The molecule has 0 aliphatic heterocycles. The molecule has 0 N–H and O–H groups in total. The van der Waals surface area contributed by atoms with Crippen molar-refractivity contribution in [3.63, 3.8) is 0 Å². The summed E-state index contributed by atoms with van der Waals surface area (Å²) in [5, 5.41) is 4.11. The number of pyridine rings is 4. The molecule has 0 unspecified atom stereocenters. The molecule has 6 aromatic heterocycles. The molecule has 6 nitrogen and oxygen atoms in total. The molecule has 44 heavy (non-hydrogen) atoms. The van der Waals surface area contributed by atoms with Crippen LogP contribution < -0.4 is 0 Å². The van der Waals surface area contributed by atoms with Crippen LogP contribution in [0.4, 0.5) is 0 Å². The van der Waals surface area contributed by atoms with E-state index in [4.69, 9.17) is 18.8 Å². The van der Waals surface area contributed by atoms with E-state index in [1.807, 2.05) is 103 Å². The number of benzene rings is 3. The molecule has 6 heteroatoms. The normalized spacial score (nSPS) is 11.6. The fourth-order valence-corrected chi connectivity index (χ4v) is 5.87. The first-order chi connectivity index (χ1) is 21.8. The minimum atomic E-state index is 0.781. The molecule has 0 saturated heterocycles. The lowest BCUT2D eigenvalue weighted by atomic mass is 10.0. The van der Waals surface area contributed by atoms with E-state index < -0.39 is 0 Å². The van der Waals surface area contributed by atoms with Crippen LogP contribution in [0.5, 0.6) is 0 Å². The van der Waals surface area contributed by atoms with Gasteiger partial charge in [-0.2, -0.15) is 0 Å². The summed E-state index contributed by atoms with van der Waals surface area (Å²) in [4.78, 5) is 18.8. The van der Waals surface area contributed by atoms with Crippen molar-refractivity contribution in [2.24, 2.45) is 0 Å². The lowest BCUT2D eigenvalue weighted by Gasteiger charge is -2.05. The van der Waals surface area contributed by atoms with Gasteiger partial charge in [-0.25, -0.2) is 9.97 Å². The zero-order chi connectivity index (χ0) is 29.0. The standard InChI is InChI=1S/C38H22N4O2/c1-3-17-39-31(7-1)33-11-5-9-29(41-33)23-13-15-35-25(19-23)27-21-28-26-20-24(14-16-36(26)44-38(28)22-37(27)43-35)30-10-6-12-34(42-30)32-8-2-4-18-40-32/h1-22H. The van der Waals surface area contributed by atoms with Crippen LogP contribution >= 0.6 is 0 Å². The third-order valence-corrected chi connectivity index (χ3v) is 8.01. The number of nitrogens with zero attached hydrogens (tertiary/aromatic N) is 4. The van der Waals surface area contributed by atoms with Gasteiger partial charge in [0.05, 0.1) is 34.2 Å². The predicted molar refractivity (Wildman–Crippen MR) is 174 cm³/mol. The summed E-state index contributed by atoms with van der Waals surface area (Å²) in [6, 6.07) is 40.3. The van der Waals surface area contributed by atoms with Crippen molar-refractivity contribution in [3.8, 4) is 45.3 Å². The van der Waals surface area contributed by atoms with Crippen LogP contribution in [0.15, 0.2) is 143 Å². The van der Waals surface area contributed by atoms with Gasteiger partial charge in [0.2, 0.25) is 0 Å². The van der Waals surface area contributed by atoms with E-state index in [0.717, 1.165) is 89.2 Å². The summed E-state index contributed by atoms with van der Waals surface area (Å²) in [6.45, 7) is 0. The van der Waals surface area contributed by atoms with Gasteiger partial charge < -0.3 is 8.83 Å². The van der Waals surface area contributed by atoms with E-state index in [0.29, 0.717) is 0 Å². The molecule has 9 aromatic rings. The summed E-state index contributed by atoms with van der Waals surface area (Å²) in [6.07, 6.45) is 3.57. The van der Waals surface area contributed by atoms with E-state index in [1.165, 1.54) is 0 Å². The average Bonchev–Trinajstić information content (AvgIpc) is 3.64. The third kappa shape index (κ3) is 4.04. The van der Waals surface area contributed by atoms with E-state index in [-0.39, 0.29) is 0 Å². The van der Waals surface area contributed by atoms with Crippen molar-refractivity contribution in [2.75, 3.05) is 0 Å². The summed E-state index contributed by atoms with van der Waals surface area (Å²) in [5.74, 6) is 0. The SMILES string of the molecule is c1ccc(-c2cccc(-c3ccc4oc5cc6oc7ccc(-c8cccc(-c9ccccn9)n8)cc7c6cc5c4c3)n2)nc1. The number of hydrogen-bond donors (Lipinski definition) is 0. The number of rotatable bonds is 4. The van der Waals surface area contributed by atoms with Crippen molar-refractivity contribution in [1.82, 2.24) is 19.9 Å². The second-order valence-corrected chi connectivity index (χ2v) is 10.7. The fraction of sp³-hybridized carbons (Fsp3) is 0. The van der Waals surface area contributed by atoms with Gasteiger partial charge in [0.15, 0.2) is 0 Å². The zero-order valence-corrected chi connectivity index (χ0v) is 23.3. The molecule has 0 aliphatic carbocycles. The highest BCUT2D eigenvalue weighted by Gasteiger charge is 2.16. The van der Waals surface area contributed by atoms with Crippen molar-refractivity contribution in [3.05, 3.63) is 134 Å². The maximum absolute atomic E-state index is 6.28. The average molecular weight is 567 g/mol. The van der Waals surface area contributed by atoms with Crippen LogP contribution in [0, 0.1) is 0 Å². The summed E-state index contributed by atoms with van der Waals surface area (Å²) in [7, 11) is 0. The molecule has 0 aliphatic rings. The number of fused-ring (bicyclic) bond motifs is 6. The number of hydrogen-bond acceptors (Lipinski definition) is 6. The molecule has 0 fully saturated rings.